The van der Waals surface area contributed by atoms with Crippen molar-refractivity contribution in [3.05, 3.63) is 16.9 Å². The maximum absolute atomic E-state index is 6.03. The average Bonchev–Trinajstić information content (AvgIpc) is 2.55. The summed E-state index contributed by atoms with van der Waals surface area (Å²) in [4.78, 5) is 0. The highest BCUT2D eigenvalue weighted by Gasteiger charge is 2.06. The van der Waals surface area contributed by atoms with Crippen LogP contribution in [0.1, 0.15) is 26.0 Å². The van der Waals surface area contributed by atoms with Crippen LogP contribution in [0.4, 0.5) is 0 Å². The van der Waals surface area contributed by atoms with Crippen LogP contribution < -0.4 is 5.32 Å². The molecule has 0 aliphatic rings. The number of rotatable bonds is 6. The molecule has 1 rings (SSSR count). The van der Waals surface area contributed by atoms with Gasteiger partial charge in [-0.1, -0.05) is 18.5 Å². The van der Waals surface area contributed by atoms with Gasteiger partial charge in [-0.2, -0.15) is 5.10 Å². The van der Waals surface area contributed by atoms with Crippen molar-refractivity contribution in [1.29, 1.82) is 0 Å². The molecule has 0 radical (unpaired) electrons. The van der Waals surface area contributed by atoms with Crippen LogP contribution in [-0.2, 0) is 13.0 Å². The van der Waals surface area contributed by atoms with E-state index in [4.69, 9.17) is 11.6 Å². The Kier molecular flexibility index (Phi) is 4.98. The van der Waals surface area contributed by atoms with Crippen molar-refractivity contribution in [3.8, 4) is 0 Å². The molecule has 0 saturated heterocycles. The number of hydrogen-bond donors (Lipinski definition) is 1. The first-order valence-corrected chi connectivity index (χ1v) is 5.58. The van der Waals surface area contributed by atoms with Crippen LogP contribution in [0.25, 0.3) is 0 Å². The molecule has 1 N–H and O–H groups in total. The lowest BCUT2D eigenvalue weighted by molar-refractivity contribution is 0.595. The zero-order chi connectivity index (χ0) is 10.4. The van der Waals surface area contributed by atoms with Gasteiger partial charge in [-0.3, -0.25) is 4.68 Å². The van der Waals surface area contributed by atoms with Gasteiger partial charge in [0.15, 0.2) is 0 Å². The lowest BCUT2D eigenvalue weighted by Gasteiger charge is -2.05. The van der Waals surface area contributed by atoms with Crippen molar-refractivity contribution >= 4 is 11.6 Å². The minimum Gasteiger partial charge on any atom is -0.317 e. The minimum absolute atomic E-state index is 0.795. The smallest absolute Gasteiger partial charge is 0.0817 e. The van der Waals surface area contributed by atoms with E-state index in [0.29, 0.717) is 0 Å². The van der Waals surface area contributed by atoms with Crippen molar-refractivity contribution in [3.63, 3.8) is 0 Å². The molecule has 80 valence electrons. The Morgan fingerprint density at radius 1 is 1.50 bits per heavy atom. The second-order valence-electron chi connectivity index (χ2n) is 3.21. The number of hydrogen-bond acceptors (Lipinski definition) is 2. The van der Waals surface area contributed by atoms with E-state index in [1.54, 1.807) is 6.20 Å². The maximum Gasteiger partial charge on any atom is 0.0817 e. The van der Waals surface area contributed by atoms with Crippen molar-refractivity contribution in [2.24, 2.45) is 0 Å². The maximum atomic E-state index is 6.03. The lowest BCUT2D eigenvalue weighted by atomic mass is 10.2. The zero-order valence-corrected chi connectivity index (χ0v) is 9.64. The van der Waals surface area contributed by atoms with Gasteiger partial charge in [0.1, 0.15) is 0 Å². The van der Waals surface area contributed by atoms with E-state index in [1.165, 1.54) is 0 Å². The van der Waals surface area contributed by atoms with E-state index < -0.39 is 0 Å². The largest absolute Gasteiger partial charge is 0.317 e. The fourth-order valence-corrected chi connectivity index (χ4v) is 1.70. The predicted molar refractivity (Wildman–Crippen MR) is 59.8 cm³/mol. The van der Waals surface area contributed by atoms with E-state index in [9.17, 15) is 0 Å². The first-order chi connectivity index (χ1) is 6.79. The molecule has 0 unspecified atom stereocenters. The van der Waals surface area contributed by atoms with E-state index in [1.807, 2.05) is 4.68 Å². The van der Waals surface area contributed by atoms with Crippen molar-refractivity contribution in [2.75, 3.05) is 13.1 Å². The highest BCUT2D eigenvalue weighted by atomic mass is 35.5. The Hall–Kier alpha value is -0.540. The van der Waals surface area contributed by atoms with Crippen LogP contribution in [0.15, 0.2) is 6.20 Å². The molecule has 4 heteroatoms. The minimum atomic E-state index is 0.795. The molecule has 0 aliphatic carbocycles. The molecule has 0 aliphatic heterocycles. The molecule has 3 nitrogen and oxygen atoms in total. The van der Waals surface area contributed by atoms with Gasteiger partial charge in [-0.05, 0) is 32.9 Å². The second-order valence-corrected chi connectivity index (χ2v) is 3.62. The topological polar surface area (TPSA) is 29.9 Å². The Labute approximate surface area is 90.4 Å². The normalized spacial score (nSPS) is 10.8. The Morgan fingerprint density at radius 3 is 2.93 bits per heavy atom. The summed E-state index contributed by atoms with van der Waals surface area (Å²) < 4.78 is 1.97. The number of aryl methyl sites for hydroxylation is 1. The lowest BCUT2D eigenvalue weighted by Crippen LogP contribution is -2.15. The molecule has 1 aromatic heterocycles. The number of aromatic nitrogens is 2. The molecule has 0 saturated carbocycles. The zero-order valence-electron chi connectivity index (χ0n) is 8.89. The van der Waals surface area contributed by atoms with Gasteiger partial charge in [0, 0.05) is 6.54 Å². The summed E-state index contributed by atoms with van der Waals surface area (Å²) in [7, 11) is 0. The van der Waals surface area contributed by atoms with Gasteiger partial charge >= 0.3 is 0 Å². The Morgan fingerprint density at radius 2 is 2.29 bits per heavy atom. The molecule has 0 spiro atoms. The number of nitrogens with one attached hydrogen (secondary N) is 1. The van der Waals surface area contributed by atoms with Crippen molar-refractivity contribution in [1.82, 2.24) is 15.1 Å². The van der Waals surface area contributed by atoms with Gasteiger partial charge in [-0.25, -0.2) is 0 Å². The highest BCUT2D eigenvalue weighted by Crippen LogP contribution is 2.16. The number of halogens is 1. The molecular formula is C10H18ClN3. The van der Waals surface area contributed by atoms with E-state index in [0.717, 1.165) is 43.2 Å². The molecule has 0 aromatic carbocycles. The van der Waals surface area contributed by atoms with E-state index >= 15 is 0 Å². The van der Waals surface area contributed by atoms with Crippen LogP contribution in [0.3, 0.4) is 0 Å². The first-order valence-electron chi connectivity index (χ1n) is 5.20. The predicted octanol–water partition coefficient (Wildman–Crippen LogP) is 2.10. The molecule has 1 heterocycles. The monoisotopic (exact) mass is 215 g/mol. The third-order valence-electron chi connectivity index (χ3n) is 2.21. The van der Waals surface area contributed by atoms with Gasteiger partial charge in [0.2, 0.25) is 0 Å². The van der Waals surface area contributed by atoms with Crippen LogP contribution in [-0.4, -0.2) is 22.9 Å². The summed E-state index contributed by atoms with van der Waals surface area (Å²) in [5.74, 6) is 0. The molecule has 14 heavy (non-hydrogen) atoms. The third kappa shape index (κ3) is 3.00. The standard InChI is InChI=1S/C10H18ClN3/c1-3-12-7-5-6-10-9(11)8-13-14(10)4-2/h8,12H,3-7H2,1-2H3. The molecule has 0 bridgehead atoms. The SMILES string of the molecule is CCNCCCc1c(Cl)cnn1CC. The summed E-state index contributed by atoms with van der Waals surface area (Å²) in [6, 6.07) is 0. The molecule has 0 fully saturated rings. The summed E-state index contributed by atoms with van der Waals surface area (Å²) in [6.07, 6.45) is 3.84. The van der Waals surface area contributed by atoms with Crippen LogP contribution in [0.2, 0.25) is 5.02 Å². The third-order valence-corrected chi connectivity index (χ3v) is 2.53. The van der Waals surface area contributed by atoms with Crippen molar-refractivity contribution in [2.45, 2.75) is 33.2 Å². The summed E-state index contributed by atoms with van der Waals surface area (Å²) >= 11 is 6.03. The summed E-state index contributed by atoms with van der Waals surface area (Å²) in [6.45, 7) is 7.16. The summed E-state index contributed by atoms with van der Waals surface area (Å²) in [5, 5.41) is 8.29. The fraction of sp³-hybridized carbons (Fsp3) is 0.700. The Bertz CT molecular complexity index is 270. The molecule has 1 aromatic rings. The second kappa shape index (κ2) is 6.04. The fourth-order valence-electron chi connectivity index (χ4n) is 1.47. The van der Waals surface area contributed by atoms with Crippen LogP contribution in [0.5, 0.6) is 0 Å². The van der Waals surface area contributed by atoms with Crippen molar-refractivity contribution < 1.29 is 0 Å². The van der Waals surface area contributed by atoms with E-state index in [-0.39, 0.29) is 0 Å². The van der Waals surface area contributed by atoms with Crippen LogP contribution in [0, 0.1) is 0 Å². The average molecular weight is 216 g/mol. The van der Waals surface area contributed by atoms with Gasteiger partial charge in [0.05, 0.1) is 16.9 Å². The molecule has 0 atom stereocenters. The Balaban J connectivity index is 2.44. The summed E-state index contributed by atoms with van der Waals surface area (Å²) in [5.41, 5.74) is 1.16. The first kappa shape index (κ1) is 11.5. The van der Waals surface area contributed by atoms with Crippen LogP contribution >= 0.6 is 11.6 Å². The van der Waals surface area contributed by atoms with Gasteiger partial charge in [0.25, 0.3) is 0 Å². The highest BCUT2D eigenvalue weighted by molar-refractivity contribution is 6.31. The van der Waals surface area contributed by atoms with E-state index in [2.05, 4.69) is 24.3 Å². The van der Waals surface area contributed by atoms with Gasteiger partial charge in [-0.15, -0.1) is 0 Å². The van der Waals surface area contributed by atoms with Gasteiger partial charge < -0.3 is 5.32 Å². The quantitative estimate of drug-likeness (QED) is 0.737. The number of nitrogens with zero attached hydrogens (tertiary/aromatic N) is 2. The molecular weight excluding hydrogens is 198 g/mol. The molecule has 0 amide bonds.